The average Bonchev–Trinajstić information content (AvgIpc) is 3.31. The normalized spacial score (nSPS) is 25.2. The summed E-state index contributed by atoms with van der Waals surface area (Å²) in [6, 6.07) is 13.7. The smallest absolute Gasteiger partial charge is 0.123 e. The molecule has 2 aromatic carbocycles. The molecule has 0 radical (unpaired) electrons. The third-order valence-corrected chi connectivity index (χ3v) is 8.06. The van der Waals surface area contributed by atoms with E-state index in [9.17, 15) is 14.6 Å². The quantitative estimate of drug-likeness (QED) is 0.537. The second-order valence-electron chi connectivity index (χ2n) is 9.30. The maximum absolute atomic E-state index is 13.4. The molecule has 1 aromatic heterocycles. The van der Waals surface area contributed by atoms with Crippen LogP contribution in [0.3, 0.4) is 0 Å². The third-order valence-electron chi connectivity index (χ3n) is 7.72. The molecule has 0 saturated heterocycles. The van der Waals surface area contributed by atoms with Crippen molar-refractivity contribution < 1.29 is 14.6 Å². The molecular formula is C26H26ClFN2O2. The van der Waals surface area contributed by atoms with Crippen molar-refractivity contribution in [2.45, 2.75) is 38.7 Å². The molecule has 3 aromatic rings. The standard InChI is InChI=1S/C26H26ClFN2O2/c1-25-13-17-15-29-30(20-8-6-19(28)7-9-20)23(17)12-18(25)10-11-26(25,16-31)14-24(32)21-4-2-3-5-22(21)27/h2-9,12,15,24,31-32H,10-11,13-14,16H2,1H3/t24?,25-,26-/m0/s1. The van der Waals surface area contributed by atoms with Crippen LogP contribution in [-0.2, 0) is 6.42 Å². The van der Waals surface area contributed by atoms with Crippen LogP contribution in [0.4, 0.5) is 4.39 Å². The highest BCUT2D eigenvalue weighted by Crippen LogP contribution is 2.62. The van der Waals surface area contributed by atoms with Crippen LogP contribution < -0.4 is 0 Å². The minimum Gasteiger partial charge on any atom is -0.396 e. The Hall–Kier alpha value is -2.47. The number of aliphatic hydroxyl groups is 2. The molecule has 1 unspecified atom stereocenters. The predicted molar refractivity (Wildman–Crippen MR) is 123 cm³/mol. The minimum atomic E-state index is -0.754. The van der Waals surface area contributed by atoms with E-state index >= 15 is 0 Å². The number of hydrogen-bond donors (Lipinski definition) is 2. The van der Waals surface area contributed by atoms with Crippen LogP contribution >= 0.6 is 11.6 Å². The summed E-state index contributed by atoms with van der Waals surface area (Å²) in [5.41, 5.74) is 4.10. The number of allylic oxidation sites excluding steroid dienone is 1. The number of benzene rings is 2. The van der Waals surface area contributed by atoms with Gasteiger partial charge in [-0.1, -0.05) is 42.3 Å². The van der Waals surface area contributed by atoms with Gasteiger partial charge >= 0.3 is 0 Å². The zero-order chi connectivity index (χ0) is 22.5. The lowest BCUT2D eigenvalue weighted by atomic mass is 9.59. The molecule has 2 N–H and O–H groups in total. The van der Waals surface area contributed by atoms with E-state index < -0.39 is 11.5 Å². The van der Waals surface area contributed by atoms with Gasteiger partial charge in [-0.3, -0.25) is 0 Å². The fourth-order valence-electron chi connectivity index (χ4n) is 5.69. The van der Waals surface area contributed by atoms with Crippen molar-refractivity contribution in [2.24, 2.45) is 10.8 Å². The summed E-state index contributed by atoms with van der Waals surface area (Å²) in [5, 5.41) is 26.8. The van der Waals surface area contributed by atoms with Crippen molar-refractivity contribution in [3.05, 3.63) is 88.0 Å². The molecule has 1 saturated carbocycles. The lowest BCUT2D eigenvalue weighted by Crippen LogP contribution is -2.43. The first-order chi connectivity index (χ1) is 15.4. The molecule has 2 aliphatic carbocycles. The van der Waals surface area contributed by atoms with Gasteiger partial charge in [0.2, 0.25) is 0 Å². The van der Waals surface area contributed by atoms with Crippen LogP contribution in [0.5, 0.6) is 0 Å². The van der Waals surface area contributed by atoms with Crippen LogP contribution in [0.15, 0.2) is 60.3 Å². The molecule has 166 valence electrons. The van der Waals surface area contributed by atoms with Crippen molar-refractivity contribution in [1.29, 1.82) is 0 Å². The first kappa shape index (κ1) is 21.4. The van der Waals surface area contributed by atoms with E-state index in [1.165, 1.54) is 17.7 Å². The van der Waals surface area contributed by atoms with E-state index in [-0.39, 0.29) is 17.8 Å². The molecule has 5 rings (SSSR count). The number of nitrogens with zero attached hydrogens (tertiary/aromatic N) is 2. The monoisotopic (exact) mass is 452 g/mol. The Labute approximate surface area is 192 Å². The van der Waals surface area contributed by atoms with Gasteiger partial charge in [-0.25, -0.2) is 9.07 Å². The highest BCUT2D eigenvalue weighted by Gasteiger charge is 2.56. The van der Waals surface area contributed by atoms with Gasteiger partial charge in [0.15, 0.2) is 0 Å². The summed E-state index contributed by atoms with van der Waals surface area (Å²) >= 11 is 6.33. The van der Waals surface area contributed by atoms with E-state index in [0.717, 1.165) is 36.2 Å². The van der Waals surface area contributed by atoms with Crippen LogP contribution in [-0.4, -0.2) is 26.6 Å². The summed E-state index contributed by atoms with van der Waals surface area (Å²) in [5.74, 6) is -0.277. The Morgan fingerprint density at radius 1 is 1.19 bits per heavy atom. The molecule has 3 atom stereocenters. The van der Waals surface area contributed by atoms with Crippen LogP contribution in [0, 0.1) is 16.6 Å². The number of aromatic nitrogens is 2. The van der Waals surface area contributed by atoms with Crippen molar-refractivity contribution in [3.8, 4) is 5.69 Å². The van der Waals surface area contributed by atoms with E-state index in [0.29, 0.717) is 17.0 Å². The average molecular weight is 453 g/mol. The van der Waals surface area contributed by atoms with Crippen LogP contribution in [0.2, 0.25) is 5.02 Å². The number of rotatable bonds is 5. The van der Waals surface area contributed by atoms with Gasteiger partial charge < -0.3 is 10.2 Å². The molecule has 0 bridgehead atoms. The lowest BCUT2D eigenvalue weighted by molar-refractivity contribution is -0.0138. The molecule has 32 heavy (non-hydrogen) atoms. The van der Waals surface area contributed by atoms with Crippen molar-refractivity contribution in [1.82, 2.24) is 9.78 Å². The highest BCUT2D eigenvalue weighted by molar-refractivity contribution is 6.31. The van der Waals surface area contributed by atoms with Gasteiger partial charge in [0.05, 0.1) is 23.7 Å². The van der Waals surface area contributed by atoms with Gasteiger partial charge in [-0.05, 0) is 73.2 Å². The van der Waals surface area contributed by atoms with Gasteiger partial charge in [0, 0.05) is 22.5 Å². The number of fused-ring (bicyclic) bond motifs is 2. The molecule has 0 amide bonds. The zero-order valence-electron chi connectivity index (χ0n) is 17.9. The predicted octanol–water partition coefficient (Wildman–Crippen LogP) is 5.51. The fourth-order valence-corrected chi connectivity index (χ4v) is 5.95. The van der Waals surface area contributed by atoms with Crippen molar-refractivity contribution >= 4 is 17.7 Å². The SMILES string of the molecule is C[C@]12Cc3cnn(-c4ccc(F)cc4)c3C=C1CC[C@@]2(CO)CC(O)c1ccccc1Cl. The van der Waals surface area contributed by atoms with Gasteiger partial charge in [-0.2, -0.15) is 5.10 Å². The minimum absolute atomic E-state index is 0.0101. The number of aliphatic hydroxyl groups excluding tert-OH is 2. The van der Waals surface area contributed by atoms with Gasteiger partial charge in [0.25, 0.3) is 0 Å². The Bertz CT molecular complexity index is 1190. The Morgan fingerprint density at radius 3 is 2.66 bits per heavy atom. The van der Waals surface area contributed by atoms with E-state index in [1.807, 2.05) is 29.1 Å². The Kier molecular flexibility index (Phi) is 5.24. The summed E-state index contributed by atoms with van der Waals surface area (Å²) in [6.45, 7) is 2.18. The second kappa shape index (κ2) is 7.84. The summed E-state index contributed by atoms with van der Waals surface area (Å²) in [7, 11) is 0. The number of hydrogen-bond acceptors (Lipinski definition) is 3. The topological polar surface area (TPSA) is 58.3 Å². The van der Waals surface area contributed by atoms with E-state index in [4.69, 9.17) is 11.6 Å². The molecule has 1 heterocycles. The molecular weight excluding hydrogens is 427 g/mol. The molecule has 4 nitrogen and oxygen atoms in total. The van der Waals surface area contributed by atoms with E-state index in [1.54, 1.807) is 18.2 Å². The molecule has 2 aliphatic rings. The molecule has 1 fully saturated rings. The summed E-state index contributed by atoms with van der Waals surface area (Å²) < 4.78 is 15.2. The third kappa shape index (κ3) is 3.22. The maximum Gasteiger partial charge on any atom is 0.123 e. The molecule has 0 aliphatic heterocycles. The largest absolute Gasteiger partial charge is 0.396 e. The molecule has 0 spiro atoms. The number of halogens is 2. The van der Waals surface area contributed by atoms with Gasteiger partial charge in [0.1, 0.15) is 5.82 Å². The first-order valence-corrected chi connectivity index (χ1v) is 11.3. The highest BCUT2D eigenvalue weighted by atomic mass is 35.5. The Balaban J connectivity index is 1.50. The van der Waals surface area contributed by atoms with Gasteiger partial charge in [-0.15, -0.1) is 0 Å². The Morgan fingerprint density at radius 2 is 1.94 bits per heavy atom. The first-order valence-electron chi connectivity index (χ1n) is 10.9. The maximum atomic E-state index is 13.4. The summed E-state index contributed by atoms with van der Waals surface area (Å²) in [6.07, 6.45) is 6.09. The zero-order valence-corrected chi connectivity index (χ0v) is 18.7. The van der Waals surface area contributed by atoms with Crippen LogP contribution in [0.1, 0.15) is 49.1 Å². The lowest BCUT2D eigenvalue weighted by Gasteiger charge is -2.46. The van der Waals surface area contributed by atoms with Crippen molar-refractivity contribution in [2.75, 3.05) is 6.61 Å². The van der Waals surface area contributed by atoms with E-state index in [2.05, 4.69) is 18.1 Å². The van der Waals surface area contributed by atoms with Crippen molar-refractivity contribution in [3.63, 3.8) is 0 Å². The van der Waals surface area contributed by atoms with Crippen LogP contribution in [0.25, 0.3) is 11.8 Å². The second-order valence-corrected chi connectivity index (χ2v) is 9.71. The molecule has 6 heteroatoms. The fraction of sp³-hybridized carbons (Fsp3) is 0.346. The summed E-state index contributed by atoms with van der Waals surface area (Å²) in [4.78, 5) is 0.